The highest BCUT2D eigenvalue weighted by Crippen LogP contribution is 2.31. The van der Waals surface area contributed by atoms with Gasteiger partial charge in [0.25, 0.3) is 0 Å². The molecule has 0 bridgehead atoms. The summed E-state index contributed by atoms with van der Waals surface area (Å²) in [5.74, 6) is 8.81. The highest BCUT2D eigenvalue weighted by Gasteiger charge is 2.27. The zero-order valence-electron chi connectivity index (χ0n) is 10.9. The van der Waals surface area contributed by atoms with Gasteiger partial charge in [0.1, 0.15) is 17.5 Å². The molecule has 6 heteroatoms. The van der Waals surface area contributed by atoms with Crippen LogP contribution in [0.25, 0.3) is 0 Å². The third-order valence-corrected chi connectivity index (χ3v) is 4.48. The number of hydrogen-bond donors (Lipinski definition) is 3. The largest absolute Gasteiger partial charge is 0.366 e. The summed E-state index contributed by atoms with van der Waals surface area (Å²) in [5, 5.41) is 4.22. The van der Waals surface area contributed by atoms with Crippen molar-refractivity contribution in [1.82, 2.24) is 9.97 Å². The number of hydrogen-bond acceptors (Lipinski definition) is 6. The molecule has 0 aromatic carbocycles. The van der Waals surface area contributed by atoms with Crippen LogP contribution in [0.4, 0.5) is 11.6 Å². The molecule has 1 aliphatic carbocycles. The molecule has 2 rings (SSSR count). The van der Waals surface area contributed by atoms with E-state index < -0.39 is 0 Å². The van der Waals surface area contributed by atoms with Crippen molar-refractivity contribution in [3.05, 3.63) is 11.9 Å². The van der Waals surface area contributed by atoms with E-state index in [1.54, 1.807) is 0 Å². The predicted molar refractivity (Wildman–Crippen MR) is 77.8 cm³/mol. The molecule has 0 aliphatic heterocycles. The van der Waals surface area contributed by atoms with E-state index in [0.29, 0.717) is 17.1 Å². The Morgan fingerprint density at radius 1 is 1.39 bits per heavy atom. The molecule has 0 radical (unpaired) electrons. The number of aromatic nitrogens is 2. The van der Waals surface area contributed by atoms with Crippen LogP contribution < -0.4 is 16.6 Å². The molecule has 1 heterocycles. The first-order valence-corrected chi connectivity index (χ1v) is 7.48. The number of nitrogen functional groups attached to an aromatic ring is 1. The highest BCUT2D eigenvalue weighted by atomic mass is 32.2. The first kappa shape index (κ1) is 13.4. The van der Waals surface area contributed by atoms with Crippen molar-refractivity contribution in [1.29, 1.82) is 0 Å². The summed E-state index contributed by atoms with van der Waals surface area (Å²) >= 11 is 2.03. The standard InChI is InChI=1S/C12H21N5S/c1-3-18-10-6-4-5-9(10)16-11-7-12(17-13)15-8(2)14-11/h7,9-10H,3-6,13H2,1-2H3,(H2,14,15,16,17). The molecule has 1 fully saturated rings. The van der Waals surface area contributed by atoms with Crippen LogP contribution in [0.15, 0.2) is 6.07 Å². The maximum atomic E-state index is 5.40. The fourth-order valence-electron chi connectivity index (χ4n) is 2.41. The second kappa shape index (κ2) is 6.24. The number of hydrazine groups is 1. The molecule has 1 aliphatic rings. The summed E-state index contributed by atoms with van der Waals surface area (Å²) in [6.45, 7) is 4.09. The average Bonchev–Trinajstić information content (AvgIpc) is 2.76. The Labute approximate surface area is 112 Å². The summed E-state index contributed by atoms with van der Waals surface area (Å²) in [6, 6.07) is 2.37. The van der Waals surface area contributed by atoms with Gasteiger partial charge in [-0.3, -0.25) is 0 Å². The van der Waals surface area contributed by atoms with Crippen LogP contribution in [0, 0.1) is 6.92 Å². The van der Waals surface area contributed by atoms with Crippen LogP contribution in [0.2, 0.25) is 0 Å². The maximum absolute atomic E-state index is 5.40. The number of thioether (sulfide) groups is 1. The van der Waals surface area contributed by atoms with Gasteiger partial charge in [0.2, 0.25) is 0 Å². The molecule has 0 saturated heterocycles. The Morgan fingerprint density at radius 2 is 2.17 bits per heavy atom. The van der Waals surface area contributed by atoms with Gasteiger partial charge < -0.3 is 10.7 Å². The van der Waals surface area contributed by atoms with E-state index in [0.717, 1.165) is 11.6 Å². The Bertz CT molecular complexity index is 398. The van der Waals surface area contributed by atoms with Crippen molar-refractivity contribution in [3.8, 4) is 0 Å². The molecule has 100 valence electrons. The summed E-state index contributed by atoms with van der Waals surface area (Å²) in [6.07, 6.45) is 3.80. The van der Waals surface area contributed by atoms with Gasteiger partial charge in [0.05, 0.1) is 0 Å². The van der Waals surface area contributed by atoms with Gasteiger partial charge >= 0.3 is 0 Å². The van der Waals surface area contributed by atoms with Crippen molar-refractivity contribution in [2.24, 2.45) is 5.84 Å². The minimum atomic E-state index is 0.509. The molecule has 5 nitrogen and oxygen atoms in total. The second-order valence-electron chi connectivity index (χ2n) is 4.51. The van der Waals surface area contributed by atoms with Crippen LogP contribution in [-0.4, -0.2) is 27.0 Å². The monoisotopic (exact) mass is 267 g/mol. The highest BCUT2D eigenvalue weighted by molar-refractivity contribution is 7.99. The normalized spacial score (nSPS) is 23.1. The lowest BCUT2D eigenvalue weighted by atomic mass is 10.2. The lowest BCUT2D eigenvalue weighted by molar-refractivity contribution is 0.760. The first-order chi connectivity index (χ1) is 8.72. The SMILES string of the molecule is CCSC1CCCC1Nc1cc(NN)nc(C)n1. The number of nitrogens with two attached hydrogens (primary N) is 1. The van der Waals surface area contributed by atoms with Gasteiger partial charge in [0, 0.05) is 17.4 Å². The van der Waals surface area contributed by atoms with E-state index in [2.05, 4.69) is 27.6 Å². The summed E-state index contributed by atoms with van der Waals surface area (Å²) in [7, 11) is 0. The zero-order chi connectivity index (χ0) is 13.0. The lowest BCUT2D eigenvalue weighted by Crippen LogP contribution is -2.27. The van der Waals surface area contributed by atoms with E-state index in [1.165, 1.54) is 25.0 Å². The molecule has 0 amide bonds. The molecular formula is C12H21N5S. The number of nitrogens with zero attached hydrogens (tertiary/aromatic N) is 2. The van der Waals surface area contributed by atoms with Crippen molar-refractivity contribution in [3.63, 3.8) is 0 Å². The zero-order valence-corrected chi connectivity index (χ0v) is 11.8. The van der Waals surface area contributed by atoms with Gasteiger partial charge in [-0.05, 0) is 25.5 Å². The minimum absolute atomic E-state index is 0.509. The molecule has 1 saturated carbocycles. The van der Waals surface area contributed by atoms with Crippen molar-refractivity contribution in [2.75, 3.05) is 16.5 Å². The Morgan fingerprint density at radius 3 is 2.89 bits per heavy atom. The van der Waals surface area contributed by atoms with E-state index >= 15 is 0 Å². The van der Waals surface area contributed by atoms with Gasteiger partial charge in [-0.25, -0.2) is 15.8 Å². The van der Waals surface area contributed by atoms with Crippen molar-refractivity contribution >= 4 is 23.4 Å². The van der Waals surface area contributed by atoms with Crippen molar-refractivity contribution < 1.29 is 0 Å². The quantitative estimate of drug-likeness (QED) is 0.560. The van der Waals surface area contributed by atoms with Crippen LogP contribution in [0.5, 0.6) is 0 Å². The van der Waals surface area contributed by atoms with Gasteiger partial charge in [-0.1, -0.05) is 13.3 Å². The fraction of sp³-hybridized carbons (Fsp3) is 0.667. The third-order valence-electron chi connectivity index (χ3n) is 3.15. The van der Waals surface area contributed by atoms with Crippen molar-refractivity contribution in [2.45, 2.75) is 44.4 Å². The van der Waals surface area contributed by atoms with Gasteiger partial charge in [0.15, 0.2) is 0 Å². The van der Waals surface area contributed by atoms with Crippen LogP contribution in [0.1, 0.15) is 32.0 Å². The van der Waals surface area contributed by atoms with Crippen LogP contribution >= 0.6 is 11.8 Å². The number of nitrogens with one attached hydrogen (secondary N) is 2. The van der Waals surface area contributed by atoms with Gasteiger partial charge in [-0.15, -0.1) is 0 Å². The minimum Gasteiger partial charge on any atom is -0.366 e. The number of aryl methyl sites for hydroxylation is 1. The third kappa shape index (κ3) is 3.26. The number of anilines is 2. The molecule has 18 heavy (non-hydrogen) atoms. The van der Waals surface area contributed by atoms with E-state index in [4.69, 9.17) is 5.84 Å². The lowest BCUT2D eigenvalue weighted by Gasteiger charge is -2.21. The molecule has 2 atom stereocenters. The molecule has 4 N–H and O–H groups in total. The molecule has 1 aromatic heterocycles. The summed E-state index contributed by atoms with van der Waals surface area (Å²) < 4.78 is 0. The molecule has 0 spiro atoms. The van der Waals surface area contributed by atoms with E-state index in [9.17, 15) is 0 Å². The fourth-order valence-corrected chi connectivity index (χ4v) is 3.61. The first-order valence-electron chi connectivity index (χ1n) is 6.43. The Hall–Kier alpha value is -1.01. The van der Waals surface area contributed by atoms with Gasteiger partial charge in [-0.2, -0.15) is 11.8 Å². The molecule has 2 unspecified atom stereocenters. The van der Waals surface area contributed by atoms with Crippen LogP contribution in [0.3, 0.4) is 0 Å². The van der Waals surface area contributed by atoms with Crippen LogP contribution in [-0.2, 0) is 0 Å². The molecular weight excluding hydrogens is 246 g/mol. The molecule has 1 aromatic rings. The predicted octanol–water partition coefficient (Wildman–Crippen LogP) is 2.16. The summed E-state index contributed by atoms with van der Waals surface area (Å²) in [4.78, 5) is 8.60. The second-order valence-corrected chi connectivity index (χ2v) is 6.02. The summed E-state index contributed by atoms with van der Waals surface area (Å²) in [5.41, 5.74) is 2.57. The topological polar surface area (TPSA) is 75.9 Å². The number of rotatable bonds is 5. The van der Waals surface area contributed by atoms with E-state index in [-0.39, 0.29) is 0 Å². The average molecular weight is 267 g/mol. The smallest absolute Gasteiger partial charge is 0.145 e. The van der Waals surface area contributed by atoms with E-state index in [1.807, 2.05) is 24.8 Å². The maximum Gasteiger partial charge on any atom is 0.145 e. The Balaban J connectivity index is 2.06. The Kier molecular flexibility index (Phi) is 4.66.